The number of carbonyl (C=O) groups is 1. The predicted molar refractivity (Wildman–Crippen MR) is 107 cm³/mol. The lowest BCUT2D eigenvalue weighted by molar-refractivity contribution is 0.0456. The molecule has 1 fully saturated rings. The van der Waals surface area contributed by atoms with Gasteiger partial charge in [-0.3, -0.25) is 0 Å². The number of rotatable bonds is 10. The molecule has 0 saturated carbocycles. The van der Waals surface area contributed by atoms with Crippen LogP contribution in [0.25, 0.3) is 0 Å². The second kappa shape index (κ2) is 10.3. The summed E-state index contributed by atoms with van der Waals surface area (Å²) >= 11 is 6.08. The molecule has 0 spiro atoms. The number of hydrogen-bond donors (Lipinski definition) is 1. The number of aryl methyl sites for hydroxylation is 1. The van der Waals surface area contributed by atoms with Gasteiger partial charge in [-0.15, -0.1) is 5.10 Å². The molecule has 1 saturated heterocycles. The first-order chi connectivity index (χ1) is 14.4. The summed E-state index contributed by atoms with van der Waals surface area (Å²) in [6.07, 6.45) is 3.40. The van der Waals surface area contributed by atoms with Gasteiger partial charge in [0.05, 0.1) is 16.7 Å². The van der Waals surface area contributed by atoms with E-state index in [0.29, 0.717) is 19.0 Å². The molecule has 1 unspecified atom stereocenters. The third kappa shape index (κ3) is 5.75. The van der Waals surface area contributed by atoms with Gasteiger partial charge >= 0.3 is 5.97 Å². The van der Waals surface area contributed by atoms with E-state index >= 15 is 0 Å². The van der Waals surface area contributed by atoms with Gasteiger partial charge in [0, 0.05) is 19.7 Å². The molecule has 1 aliphatic heterocycles. The second-order valence-electron chi connectivity index (χ2n) is 6.88. The largest absolute Gasteiger partial charge is 0.454 e. The van der Waals surface area contributed by atoms with Crippen LogP contribution in [0.2, 0.25) is 5.02 Å². The molecule has 12 heteroatoms. The zero-order valence-electron chi connectivity index (χ0n) is 16.6. The summed E-state index contributed by atoms with van der Waals surface area (Å²) in [4.78, 5) is 12.3. The molecule has 3 rings (SSSR count). The lowest BCUT2D eigenvalue weighted by Crippen LogP contribution is -2.32. The number of sulfonamides is 1. The SMILES string of the molecule is CCCCn1nnnc1COC(=O)c1ccc(Cl)c(S(=O)(=O)NCC2CCCO2)c1. The first-order valence-corrected chi connectivity index (χ1v) is 11.6. The van der Waals surface area contributed by atoms with E-state index in [1.165, 1.54) is 18.2 Å². The molecular formula is C18H24ClN5O5S. The highest BCUT2D eigenvalue weighted by Crippen LogP contribution is 2.23. The highest BCUT2D eigenvalue weighted by molar-refractivity contribution is 7.89. The van der Waals surface area contributed by atoms with Gasteiger partial charge in [0.25, 0.3) is 0 Å². The van der Waals surface area contributed by atoms with Crippen molar-refractivity contribution in [3.05, 3.63) is 34.6 Å². The van der Waals surface area contributed by atoms with Crippen molar-refractivity contribution in [2.45, 2.75) is 56.8 Å². The Morgan fingerprint density at radius 1 is 1.43 bits per heavy atom. The maximum Gasteiger partial charge on any atom is 0.338 e. The molecule has 1 aliphatic rings. The zero-order valence-corrected chi connectivity index (χ0v) is 18.2. The van der Waals surface area contributed by atoms with Crippen molar-refractivity contribution >= 4 is 27.6 Å². The van der Waals surface area contributed by atoms with Crippen LogP contribution in [0.1, 0.15) is 48.8 Å². The van der Waals surface area contributed by atoms with Gasteiger partial charge in [0.2, 0.25) is 10.0 Å². The Kier molecular flexibility index (Phi) is 7.75. The fourth-order valence-electron chi connectivity index (χ4n) is 2.94. The van der Waals surface area contributed by atoms with Gasteiger partial charge in [-0.1, -0.05) is 24.9 Å². The first kappa shape index (κ1) is 22.6. The fraction of sp³-hybridized carbons (Fsp3) is 0.556. The molecule has 0 radical (unpaired) electrons. The van der Waals surface area contributed by atoms with Crippen LogP contribution in [-0.2, 0) is 32.6 Å². The lowest BCUT2D eigenvalue weighted by Gasteiger charge is -2.13. The van der Waals surface area contributed by atoms with Gasteiger partial charge in [0.1, 0.15) is 4.90 Å². The smallest absolute Gasteiger partial charge is 0.338 e. The number of hydrogen-bond acceptors (Lipinski definition) is 8. The monoisotopic (exact) mass is 457 g/mol. The van der Waals surface area contributed by atoms with Gasteiger partial charge in [-0.2, -0.15) is 0 Å². The number of tetrazole rings is 1. The number of nitrogens with zero attached hydrogens (tertiary/aromatic N) is 4. The van der Waals surface area contributed by atoms with E-state index < -0.39 is 16.0 Å². The molecule has 10 nitrogen and oxygen atoms in total. The van der Waals surface area contributed by atoms with E-state index in [4.69, 9.17) is 21.1 Å². The fourth-order valence-corrected chi connectivity index (χ4v) is 4.53. The number of ether oxygens (including phenoxy) is 2. The van der Waals surface area contributed by atoms with Crippen LogP contribution in [0.4, 0.5) is 0 Å². The molecule has 2 aromatic rings. The van der Waals surface area contributed by atoms with E-state index in [2.05, 4.69) is 20.2 Å². The zero-order chi connectivity index (χ0) is 21.6. The number of unbranched alkanes of at least 4 members (excludes halogenated alkanes) is 1. The molecular weight excluding hydrogens is 434 g/mol. The average molecular weight is 458 g/mol. The Hall–Kier alpha value is -2.08. The van der Waals surface area contributed by atoms with E-state index in [-0.39, 0.29) is 34.7 Å². The van der Waals surface area contributed by atoms with Crippen LogP contribution in [-0.4, -0.2) is 53.8 Å². The lowest BCUT2D eigenvalue weighted by atomic mass is 10.2. The highest BCUT2D eigenvalue weighted by Gasteiger charge is 2.24. The maximum absolute atomic E-state index is 12.6. The standard InChI is InChI=1S/C18H24ClN5O5S/c1-2-3-8-24-17(21-22-23-24)12-29-18(25)13-6-7-15(19)16(10-13)30(26,27)20-11-14-5-4-9-28-14/h6-7,10,14,20H,2-5,8-9,11-12H2,1H3. The topological polar surface area (TPSA) is 125 Å². The minimum atomic E-state index is -3.92. The van der Waals surface area contributed by atoms with Crippen molar-refractivity contribution in [1.29, 1.82) is 0 Å². The molecule has 1 N–H and O–H groups in total. The van der Waals surface area contributed by atoms with Crippen molar-refractivity contribution in [3.63, 3.8) is 0 Å². The Morgan fingerprint density at radius 3 is 3.00 bits per heavy atom. The predicted octanol–water partition coefficient (Wildman–Crippen LogP) is 1.94. The Bertz CT molecular complexity index is 975. The van der Waals surface area contributed by atoms with E-state index in [0.717, 1.165) is 25.7 Å². The van der Waals surface area contributed by atoms with Crippen LogP contribution in [0.15, 0.2) is 23.1 Å². The van der Waals surface area contributed by atoms with Crippen molar-refractivity contribution in [3.8, 4) is 0 Å². The van der Waals surface area contributed by atoms with Gasteiger partial charge < -0.3 is 9.47 Å². The normalized spacial score (nSPS) is 16.7. The number of nitrogens with one attached hydrogen (secondary N) is 1. The number of carbonyl (C=O) groups excluding carboxylic acids is 1. The Labute approximate surface area is 179 Å². The number of aromatic nitrogens is 4. The van der Waals surface area contributed by atoms with Crippen molar-refractivity contribution in [2.75, 3.05) is 13.2 Å². The number of halogens is 1. The quantitative estimate of drug-likeness (QED) is 0.536. The molecule has 30 heavy (non-hydrogen) atoms. The summed E-state index contributed by atoms with van der Waals surface area (Å²) in [6.45, 7) is 3.31. The Balaban J connectivity index is 1.66. The molecule has 0 bridgehead atoms. The highest BCUT2D eigenvalue weighted by atomic mass is 35.5. The van der Waals surface area contributed by atoms with Gasteiger partial charge in [0.15, 0.2) is 12.4 Å². The first-order valence-electron chi connectivity index (χ1n) is 9.73. The molecule has 1 atom stereocenters. The van der Waals surface area contributed by atoms with E-state index in [1.54, 1.807) is 4.68 Å². The molecule has 164 valence electrons. The minimum absolute atomic E-state index is 0.00917. The maximum atomic E-state index is 12.6. The average Bonchev–Trinajstić information content (AvgIpc) is 3.41. The van der Waals surface area contributed by atoms with Crippen LogP contribution in [0.3, 0.4) is 0 Å². The summed E-state index contributed by atoms with van der Waals surface area (Å²) in [7, 11) is -3.92. The second-order valence-corrected chi connectivity index (χ2v) is 9.02. The number of benzene rings is 1. The summed E-state index contributed by atoms with van der Waals surface area (Å²) in [6, 6.07) is 3.95. The summed E-state index contributed by atoms with van der Waals surface area (Å²) < 4.78 is 40.0. The number of esters is 1. The van der Waals surface area contributed by atoms with Crippen molar-refractivity contribution in [2.24, 2.45) is 0 Å². The molecule has 0 amide bonds. The molecule has 1 aromatic heterocycles. The van der Waals surface area contributed by atoms with Crippen LogP contribution < -0.4 is 4.72 Å². The Morgan fingerprint density at radius 2 is 2.27 bits per heavy atom. The summed E-state index contributed by atoms with van der Waals surface area (Å²) in [5.41, 5.74) is 0.0597. The van der Waals surface area contributed by atoms with Crippen molar-refractivity contribution < 1.29 is 22.7 Å². The summed E-state index contributed by atoms with van der Waals surface area (Å²) in [5.74, 6) is -0.288. The molecule has 2 heterocycles. The van der Waals surface area contributed by atoms with E-state index in [1.807, 2.05) is 6.92 Å². The van der Waals surface area contributed by atoms with E-state index in [9.17, 15) is 13.2 Å². The van der Waals surface area contributed by atoms with Gasteiger partial charge in [-0.05, 0) is 47.9 Å². The third-order valence-corrected chi connectivity index (χ3v) is 6.55. The van der Waals surface area contributed by atoms with Crippen LogP contribution in [0, 0.1) is 0 Å². The summed E-state index contributed by atoms with van der Waals surface area (Å²) in [5, 5.41) is 11.3. The van der Waals surface area contributed by atoms with Crippen LogP contribution >= 0.6 is 11.6 Å². The molecule has 0 aliphatic carbocycles. The minimum Gasteiger partial charge on any atom is -0.454 e. The van der Waals surface area contributed by atoms with Crippen molar-refractivity contribution in [1.82, 2.24) is 24.9 Å². The third-order valence-electron chi connectivity index (χ3n) is 4.64. The molecule has 1 aromatic carbocycles. The van der Waals surface area contributed by atoms with Gasteiger partial charge in [-0.25, -0.2) is 22.6 Å². The van der Waals surface area contributed by atoms with Crippen LogP contribution in [0.5, 0.6) is 0 Å².